The molecule has 4 amide bonds. The summed E-state index contributed by atoms with van der Waals surface area (Å²) in [6, 6.07) is 9.50. The molecule has 0 atom stereocenters. The van der Waals surface area contributed by atoms with Crippen molar-refractivity contribution in [3.8, 4) is 11.5 Å². The van der Waals surface area contributed by atoms with Crippen molar-refractivity contribution in [2.75, 3.05) is 30.4 Å². The second kappa shape index (κ2) is 17.1. The van der Waals surface area contributed by atoms with Crippen LogP contribution in [0.25, 0.3) is 22.1 Å². The number of hydrogen-bond acceptors (Lipinski definition) is 11. The fourth-order valence-corrected chi connectivity index (χ4v) is 6.94. The van der Waals surface area contributed by atoms with Crippen LogP contribution in [0.3, 0.4) is 0 Å². The molecule has 0 unspecified atom stereocenters. The third-order valence-electron chi connectivity index (χ3n) is 9.65. The molecular formula is C40H44N12O8. The Morgan fingerprint density at radius 2 is 1.20 bits per heavy atom. The van der Waals surface area contributed by atoms with Gasteiger partial charge in [-0.1, -0.05) is 12.2 Å². The van der Waals surface area contributed by atoms with E-state index in [1.54, 1.807) is 56.6 Å². The summed E-state index contributed by atoms with van der Waals surface area (Å²) in [7, 11) is 0. The van der Waals surface area contributed by atoms with E-state index >= 15 is 0 Å². The number of nitrogens with zero attached hydrogens (tertiary/aromatic N) is 8. The number of rotatable bonds is 11. The van der Waals surface area contributed by atoms with Crippen molar-refractivity contribution in [3.05, 3.63) is 82.5 Å². The molecule has 0 saturated heterocycles. The van der Waals surface area contributed by atoms with Crippen molar-refractivity contribution in [2.45, 2.75) is 66.7 Å². The van der Waals surface area contributed by atoms with Crippen LogP contribution in [-0.2, 0) is 31.0 Å². The van der Waals surface area contributed by atoms with Gasteiger partial charge >= 0.3 is 5.97 Å². The number of ether oxygens (including phenoxy) is 2. The van der Waals surface area contributed by atoms with Crippen LogP contribution in [0.15, 0.2) is 48.6 Å². The number of nitrogens with one attached hydrogen (secondary N) is 3. The number of anilines is 2. The first-order chi connectivity index (χ1) is 28.8. The zero-order chi connectivity index (χ0) is 42.7. The van der Waals surface area contributed by atoms with Crippen LogP contribution < -0.4 is 31.2 Å². The van der Waals surface area contributed by atoms with Gasteiger partial charge in [0, 0.05) is 50.3 Å². The number of aromatic nitrogens is 8. The number of imidazole rings is 2. The molecule has 0 spiro atoms. The highest BCUT2D eigenvalue weighted by Crippen LogP contribution is 2.34. The minimum Gasteiger partial charge on any atom is -0.491 e. The van der Waals surface area contributed by atoms with Crippen LogP contribution in [0.5, 0.6) is 11.5 Å². The Hall–Kier alpha value is -7.51. The molecule has 0 bridgehead atoms. The van der Waals surface area contributed by atoms with Gasteiger partial charge in [0.2, 0.25) is 17.8 Å². The number of carboxylic acid groups (broad SMARTS) is 1. The van der Waals surface area contributed by atoms with Crippen LogP contribution in [0.1, 0.15) is 79.8 Å². The average Bonchev–Trinajstić information content (AvgIpc) is 3.97. The number of nitrogens with two attached hydrogens (primary N) is 1. The monoisotopic (exact) mass is 820 g/mol. The molecule has 4 aromatic heterocycles. The Balaban J connectivity index is 1.31. The number of amides is 4. The van der Waals surface area contributed by atoms with Gasteiger partial charge in [-0.05, 0) is 64.1 Å². The number of allylic oxidation sites excluding steroid dienone is 2. The van der Waals surface area contributed by atoms with Crippen LogP contribution in [0, 0.1) is 13.8 Å². The zero-order valence-corrected chi connectivity index (χ0v) is 33.4. The fraction of sp³-hybridized carbons (Fsp3) is 0.325. The van der Waals surface area contributed by atoms with Gasteiger partial charge in [0.05, 0.1) is 42.1 Å². The first-order valence-corrected chi connectivity index (χ1v) is 19.4. The summed E-state index contributed by atoms with van der Waals surface area (Å²) in [6.45, 7) is 8.69. The van der Waals surface area contributed by atoms with E-state index < -0.39 is 29.6 Å². The van der Waals surface area contributed by atoms with Crippen molar-refractivity contribution < 1.29 is 38.6 Å². The van der Waals surface area contributed by atoms with E-state index in [2.05, 4.69) is 26.1 Å². The van der Waals surface area contributed by atoms with E-state index in [-0.39, 0.29) is 68.0 Å². The summed E-state index contributed by atoms with van der Waals surface area (Å²) in [6.07, 6.45) is 3.72. The van der Waals surface area contributed by atoms with E-state index in [1.165, 1.54) is 12.1 Å². The fourth-order valence-electron chi connectivity index (χ4n) is 6.94. The van der Waals surface area contributed by atoms with E-state index in [9.17, 15) is 24.0 Å². The highest BCUT2D eigenvalue weighted by molar-refractivity contribution is 6.05. The summed E-state index contributed by atoms with van der Waals surface area (Å²) in [5.41, 5.74) is 9.69. The summed E-state index contributed by atoms with van der Waals surface area (Å²) < 4.78 is 19.2. The van der Waals surface area contributed by atoms with Gasteiger partial charge in [0.15, 0.2) is 0 Å². The number of carbonyl (C=O) groups is 5. The van der Waals surface area contributed by atoms with Gasteiger partial charge < -0.3 is 34.8 Å². The van der Waals surface area contributed by atoms with Crippen LogP contribution in [0.2, 0.25) is 0 Å². The summed E-state index contributed by atoms with van der Waals surface area (Å²) in [5, 5.41) is 26.4. The molecule has 7 rings (SSSR count). The molecule has 20 heteroatoms. The number of carbonyl (C=O) groups excluding carboxylic acids is 4. The Morgan fingerprint density at radius 1 is 0.717 bits per heavy atom. The summed E-state index contributed by atoms with van der Waals surface area (Å²) in [5.74, 6) is -2.26. The van der Waals surface area contributed by atoms with Crippen molar-refractivity contribution in [1.29, 1.82) is 0 Å². The van der Waals surface area contributed by atoms with E-state index in [1.807, 2.05) is 26.0 Å². The number of aliphatic carboxylic acids is 1. The number of carboxylic acids is 1. The van der Waals surface area contributed by atoms with Crippen LogP contribution >= 0.6 is 0 Å². The second-order valence-electron chi connectivity index (χ2n) is 13.9. The maximum absolute atomic E-state index is 13.8. The topological polar surface area (TPSA) is 257 Å². The maximum Gasteiger partial charge on any atom is 0.305 e. The molecule has 6 aromatic rings. The molecule has 312 valence electrons. The Labute approximate surface area is 342 Å². The maximum atomic E-state index is 13.8. The molecule has 2 aromatic carbocycles. The zero-order valence-electron chi connectivity index (χ0n) is 33.4. The number of primary amides is 1. The van der Waals surface area contributed by atoms with Gasteiger partial charge in [-0.25, -0.2) is 9.97 Å². The van der Waals surface area contributed by atoms with Crippen LogP contribution in [0.4, 0.5) is 11.9 Å². The highest BCUT2D eigenvalue weighted by Gasteiger charge is 2.24. The normalized spacial score (nSPS) is 13.5. The lowest BCUT2D eigenvalue weighted by molar-refractivity contribution is -0.136. The highest BCUT2D eigenvalue weighted by atomic mass is 16.5. The minimum absolute atomic E-state index is 0.0955. The van der Waals surface area contributed by atoms with Crippen molar-refractivity contribution in [3.63, 3.8) is 0 Å². The largest absolute Gasteiger partial charge is 0.491 e. The van der Waals surface area contributed by atoms with Crippen LogP contribution in [-0.4, -0.2) is 93.1 Å². The first kappa shape index (κ1) is 40.7. The van der Waals surface area contributed by atoms with Crippen molar-refractivity contribution in [1.82, 2.24) is 44.0 Å². The van der Waals surface area contributed by atoms with Gasteiger partial charge in [0.1, 0.15) is 33.9 Å². The third-order valence-corrected chi connectivity index (χ3v) is 9.65. The lowest BCUT2D eigenvalue weighted by Gasteiger charge is -2.14. The molecule has 5 heterocycles. The molecule has 1 aliphatic heterocycles. The predicted octanol–water partition coefficient (Wildman–Crippen LogP) is 3.66. The molecule has 60 heavy (non-hydrogen) atoms. The summed E-state index contributed by atoms with van der Waals surface area (Å²) in [4.78, 5) is 73.7. The molecule has 0 radical (unpaired) electrons. The smallest absolute Gasteiger partial charge is 0.305 e. The van der Waals surface area contributed by atoms with E-state index in [0.29, 0.717) is 70.1 Å². The second-order valence-corrected chi connectivity index (χ2v) is 13.9. The average molecular weight is 821 g/mol. The van der Waals surface area contributed by atoms with Gasteiger partial charge in [-0.15, -0.1) is 0 Å². The standard InChI is InChI=1S/C40H44N12O8/c1-5-51-28(16-22(3)47-51)37(57)45-39-43-26-18-24(35(41)55)20-30-33(26)49(39)12-7-8-13-50-34-27(44-40(50)46-38(58)29-17-23(4)48-52(29)6-2)19-25(36(56)42-11-10-32(53)54)21-31(34)60-15-9-14-59-30/h7-8,16-21H,5-6,9-15H2,1-4H3,(H2,41,55)(H,42,56)(H,53,54)(H,43,45,57)(H,44,46,58)/b8-7+. The molecule has 6 N–H and O–H groups in total. The molecule has 0 fully saturated rings. The molecule has 20 nitrogen and oxygen atoms in total. The summed E-state index contributed by atoms with van der Waals surface area (Å²) >= 11 is 0. The molecule has 0 saturated carbocycles. The number of benzene rings is 2. The van der Waals surface area contributed by atoms with Crippen molar-refractivity contribution >= 4 is 63.6 Å². The predicted molar refractivity (Wildman–Crippen MR) is 218 cm³/mol. The van der Waals surface area contributed by atoms with E-state index in [4.69, 9.17) is 30.3 Å². The third kappa shape index (κ3) is 8.38. The van der Waals surface area contributed by atoms with Gasteiger partial charge in [-0.3, -0.25) is 44.0 Å². The SMILES string of the molecule is CCn1nc(C)cc1C(=O)Nc1nc2cc(C(N)=O)cc3c2n1C/C=C/Cn1c(NC(=O)c2cc(C)nn2CC)nc2cc(C(=O)NCCC(=O)O)cc(c21)OCCCO3. The minimum atomic E-state index is -1.06. The Morgan fingerprint density at radius 3 is 1.67 bits per heavy atom. The quantitative estimate of drug-likeness (QED) is 0.117. The number of aryl methyl sites for hydroxylation is 4. The van der Waals surface area contributed by atoms with Gasteiger partial charge in [0.25, 0.3) is 17.7 Å². The van der Waals surface area contributed by atoms with Gasteiger partial charge in [-0.2, -0.15) is 10.2 Å². The lowest BCUT2D eigenvalue weighted by Crippen LogP contribution is -2.26. The molecule has 0 aliphatic carbocycles. The molecular weight excluding hydrogens is 777 g/mol. The number of hydrogen-bond donors (Lipinski definition) is 5. The lowest BCUT2D eigenvalue weighted by atomic mass is 10.1. The van der Waals surface area contributed by atoms with E-state index in [0.717, 1.165) is 0 Å². The Kier molecular flexibility index (Phi) is 11.6. The molecule has 1 aliphatic rings. The Bertz CT molecular complexity index is 2700. The first-order valence-electron chi connectivity index (χ1n) is 19.4. The van der Waals surface area contributed by atoms with Crippen molar-refractivity contribution in [2.24, 2.45) is 5.73 Å².